The molecule has 96 valence electrons. The third-order valence-electron chi connectivity index (χ3n) is 2.10. The molecule has 0 radical (unpaired) electrons. The molecule has 7 heteroatoms. The zero-order chi connectivity index (χ0) is 13.1. The molecule has 0 aromatic heterocycles. The first-order chi connectivity index (χ1) is 7.86. The molecule has 2 N–H and O–H groups in total. The highest BCUT2D eigenvalue weighted by Crippen LogP contribution is 2.22. The van der Waals surface area contributed by atoms with Gasteiger partial charge in [-0.05, 0) is 31.5 Å². The number of halogens is 2. The van der Waals surface area contributed by atoms with Gasteiger partial charge in [-0.1, -0.05) is 11.6 Å². The number of hydrogen-bond donors (Lipinski definition) is 2. The molecule has 0 aliphatic rings. The largest absolute Gasteiger partial charge is 0.396 e. The highest BCUT2D eigenvalue weighted by Gasteiger charge is 2.20. The predicted molar refractivity (Wildman–Crippen MR) is 62.9 cm³/mol. The third kappa shape index (κ3) is 3.92. The van der Waals surface area contributed by atoms with Crippen LogP contribution in [0.15, 0.2) is 23.1 Å². The molecule has 17 heavy (non-hydrogen) atoms. The Bertz CT molecular complexity index is 492. The molecule has 0 aliphatic carbocycles. The van der Waals surface area contributed by atoms with Gasteiger partial charge in [-0.15, -0.1) is 0 Å². The maximum Gasteiger partial charge on any atom is 0.242 e. The van der Waals surface area contributed by atoms with Crippen LogP contribution in [-0.2, 0) is 10.0 Å². The summed E-state index contributed by atoms with van der Waals surface area (Å²) in [7, 11) is -3.87. The summed E-state index contributed by atoms with van der Waals surface area (Å²) in [6.07, 6.45) is 0.270. The van der Waals surface area contributed by atoms with Crippen LogP contribution < -0.4 is 4.72 Å². The molecular weight excluding hydrogens is 269 g/mol. The molecular formula is C10H13ClFNO3S. The molecule has 0 aliphatic heterocycles. The van der Waals surface area contributed by atoms with Crippen molar-refractivity contribution in [1.82, 2.24) is 4.72 Å². The van der Waals surface area contributed by atoms with Crippen LogP contribution in [0.1, 0.15) is 13.3 Å². The van der Waals surface area contributed by atoms with E-state index in [1.54, 1.807) is 6.92 Å². The Balaban J connectivity index is 3.01. The lowest BCUT2D eigenvalue weighted by atomic mass is 10.3. The summed E-state index contributed by atoms with van der Waals surface area (Å²) in [4.78, 5) is -0.302. The number of sulfonamides is 1. The monoisotopic (exact) mass is 281 g/mol. The van der Waals surface area contributed by atoms with Crippen molar-refractivity contribution >= 4 is 21.6 Å². The number of rotatable bonds is 5. The maximum atomic E-state index is 13.0. The van der Waals surface area contributed by atoms with E-state index < -0.39 is 21.9 Å². The van der Waals surface area contributed by atoms with E-state index in [0.29, 0.717) is 0 Å². The fraction of sp³-hybridized carbons (Fsp3) is 0.400. The van der Waals surface area contributed by atoms with E-state index >= 15 is 0 Å². The number of hydrogen-bond acceptors (Lipinski definition) is 3. The van der Waals surface area contributed by atoms with Crippen LogP contribution in [0, 0.1) is 5.82 Å². The van der Waals surface area contributed by atoms with Gasteiger partial charge in [-0.2, -0.15) is 0 Å². The molecule has 0 saturated heterocycles. The van der Waals surface area contributed by atoms with Gasteiger partial charge in [0.15, 0.2) is 0 Å². The predicted octanol–water partition coefficient (Wildman–Crippen LogP) is 1.53. The topological polar surface area (TPSA) is 66.4 Å². The Hall–Kier alpha value is -0.690. The number of aliphatic hydroxyl groups excluding tert-OH is 1. The number of aliphatic hydroxyl groups is 1. The van der Waals surface area contributed by atoms with Crippen molar-refractivity contribution in [1.29, 1.82) is 0 Å². The van der Waals surface area contributed by atoms with Crippen LogP contribution in [0.3, 0.4) is 0 Å². The molecule has 0 spiro atoms. The van der Waals surface area contributed by atoms with Gasteiger partial charge in [-0.3, -0.25) is 0 Å². The van der Waals surface area contributed by atoms with E-state index in [1.807, 2.05) is 0 Å². The lowest BCUT2D eigenvalue weighted by Crippen LogP contribution is -2.33. The second-order valence-corrected chi connectivity index (χ2v) is 5.70. The first-order valence-electron chi connectivity index (χ1n) is 4.95. The minimum Gasteiger partial charge on any atom is -0.396 e. The summed E-state index contributed by atoms with van der Waals surface area (Å²) in [6, 6.07) is 2.67. The fourth-order valence-corrected chi connectivity index (χ4v) is 3.05. The standard InChI is InChI=1S/C10H13ClFNO3S/c1-7(4-5-14)13-17(15,16)10-6-8(12)2-3-9(10)11/h2-3,6-7,13-14H,4-5H2,1H3. The normalized spacial score (nSPS) is 13.6. The van der Waals surface area contributed by atoms with Crippen LogP contribution in [0.25, 0.3) is 0 Å². The summed E-state index contributed by atoms with van der Waals surface area (Å²) in [5.41, 5.74) is 0. The summed E-state index contributed by atoms with van der Waals surface area (Å²) >= 11 is 5.71. The quantitative estimate of drug-likeness (QED) is 0.860. The molecule has 4 nitrogen and oxygen atoms in total. The average Bonchev–Trinajstić information content (AvgIpc) is 2.21. The Labute approximate surface area is 104 Å². The van der Waals surface area contributed by atoms with Crippen LogP contribution in [0.5, 0.6) is 0 Å². The van der Waals surface area contributed by atoms with Gasteiger partial charge in [0, 0.05) is 12.6 Å². The van der Waals surface area contributed by atoms with Gasteiger partial charge in [0.1, 0.15) is 10.7 Å². The SMILES string of the molecule is CC(CCO)NS(=O)(=O)c1cc(F)ccc1Cl. The van der Waals surface area contributed by atoms with E-state index in [4.69, 9.17) is 16.7 Å². The highest BCUT2D eigenvalue weighted by atomic mass is 35.5. The van der Waals surface area contributed by atoms with Gasteiger partial charge in [0.25, 0.3) is 0 Å². The van der Waals surface area contributed by atoms with Gasteiger partial charge in [-0.25, -0.2) is 17.5 Å². The molecule has 0 amide bonds. The zero-order valence-electron chi connectivity index (χ0n) is 9.15. The van der Waals surface area contributed by atoms with Gasteiger partial charge in [0.2, 0.25) is 10.0 Å². The van der Waals surface area contributed by atoms with Crippen molar-refractivity contribution in [2.24, 2.45) is 0 Å². The van der Waals surface area contributed by atoms with E-state index in [9.17, 15) is 12.8 Å². The fourth-order valence-electron chi connectivity index (χ4n) is 1.26. The second kappa shape index (κ2) is 5.77. The van der Waals surface area contributed by atoms with Gasteiger partial charge in [0.05, 0.1) is 5.02 Å². The lowest BCUT2D eigenvalue weighted by Gasteiger charge is -2.13. The van der Waals surface area contributed by atoms with Crippen molar-refractivity contribution in [2.75, 3.05) is 6.61 Å². The molecule has 1 rings (SSSR count). The smallest absolute Gasteiger partial charge is 0.242 e. The zero-order valence-corrected chi connectivity index (χ0v) is 10.7. The van der Waals surface area contributed by atoms with Crippen LogP contribution in [0.2, 0.25) is 5.02 Å². The average molecular weight is 282 g/mol. The second-order valence-electron chi connectivity index (χ2n) is 3.61. The Morgan fingerprint density at radius 1 is 1.53 bits per heavy atom. The minimum absolute atomic E-state index is 0.0462. The van der Waals surface area contributed by atoms with Crippen LogP contribution in [0.4, 0.5) is 4.39 Å². The summed E-state index contributed by atoms with van der Waals surface area (Å²) in [5, 5.41) is 8.64. The Kier molecular flexibility index (Phi) is 4.88. The molecule has 0 bridgehead atoms. The van der Waals surface area contributed by atoms with Crippen molar-refractivity contribution in [3.8, 4) is 0 Å². The van der Waals surface area contributed by atoms with Crippen LogP contribution >= 0.6 is 11.6 Å². The third-order valence-corrected chi connectivity index (χ3v) is 4.17. The van der Waals surface area contributed by atoms with Crippen LogP contribution in [-0.4, -0.2) is 26.2 Å². The summed E-state index contributed by atoms with van der Waals surface area (Å²) < 4.78 is 39.0. The molecule has 0 saturated carbocycles. The van der Waals surface area contributed by atoms with Crippen molar-refractivity contribution in [2.45, 2.75) is 24.3 Å². The molecule has 1 atom stereocenters. The molecule has 1 unspecified atom stereocenters. The van der Waals surface area contributed by atoms with E-state index in [1.165, 1.54) is 6.07 Å². The Morgan fingerprint density at radius 3 is 2.76 bits per heavy atom. The lowest BCUT2D eigenvalue weighted by molar-refractivity contribution is 0.275. The molecule has 0 heterocycles. The first-order valence-corrected chi connectivity index (χ1v) is 6.81. The van der Waals surface area contributed by atoms with Gasteiger partial charge < -0.3 is 5.11 Å². The van der Waals surface area contributed by atoms with E-state index in [2.05, 4.69) is 4.72 Å². The summed E-state index contributed by atoms with van der Waals surface area (Å²) in [5.74, 6) is -0.676. The van der Waals surface area contributed by atoms with Crippen molar-refractivity contribution in [3.05, 3.63) is 29.0 Å². The Morgan fingerprint density at radius 2 is 2.18 bits per heavy atom. The minimum atomic E-state index is -3.87. The van der Waals surface area contributed by atoms with Crippen molar-refractivity contribution in [3.63, 3.8) is 0 Å². The van der Waals surface area contributed by atoms with E-state index in [0.717, 1.165) is 12.1 Å². The maximum absolute atomic E-state index is 13.0. The van der Waals surface area contributed by atoms with E-state index in [-0.39, 0.29) is 22.9 Å². The number of benzene rings is 1. The molecule has 1 aromatic carbocycles. The first kappa shape index (κ1) is 14.4. The highest BCUT2D eigenvalue weighted by molar-refractivity contribution is 7.89. The van der Waals surface area contributed by atoms with Crippen molar-refractivity contribution < 1.29 is 17.9 Å². The molecule has 0 fully saturated rings. The van der Waals surface area contributed by atoms with Gasteiger partial charge >= 0.3 is 0 Å². The molecule has 1 aromatic rings. The number of nitrogens with one attached hydrogen (secondary N) is 1. The summed E-state index contributed by atoms with van der Waals surface area (Å²) in [6.45, 7) is 1.46.